The predicted molar refractivity (Wildman–Crippen MR) is 95.7 cm³/mol. The van der Waals surface area contributed by atoms with Gasteiger partial charge in [0.1, 0.15) is 11.5 Å². The van der Waals surface area contributed by atoms with Crippen molar-refractivity contribution in [1.82, 2.24) is 5.43 Å². The first-order valence-corrected chi connectivity index (χ1v) is 7.83. The van der Waals surface area contributed by atoms with Gasteiger partial charge in [-0.2, -0.15) is 5.10 Å². The monoisotopic (exact) mass is 358 g/mol. The van der Waals surface area contributed by atoms with Crippen LogP contribution < -0.4 is 5.43 Å². The number of nitrogens with one attached hydrogen (secondary N) is 1. The minimum absolute atomic E-state index is 0.292. The van der Waals surface area contributed by atoms with Crippen molar-refractivity contribution < 1.29 is 9.21 Å². The summed E-state index contributed by atoms with van der Waals surface area (Å²) in [6, 6.07) is 17.5. The molecule has 0 fully saturated rings. The summed E-state index contributed by atoms with van der Waals surface area (Å²) >= 11 is 12.0. The average molecular weight is 359 g/mol. The topological polar surface area (TPSA) is 54.6 Å². The van der Waals surface area contributed by atoms with Gasteiger partial charge in [0.05, 0.1) is 11.2 Å². The Bertz CT molecular complexity index is 889. The van der Waals surface area contributed by atoms with Gasteiger partial charge in [0.2, 0.25) is 0 Å². The highest BCUT2D eigenvalue weighted by Crippen LogP contribution is 2.31. The Kier molecular flexibility index (Phi) is 4.99. The van der Waals surface area contributed by atoms with Gasteiger partial charge in [-0.15, -0.1) is 0 Å². The number of halogens is 2. The van der Waals surface area contributed by atoms with E-state index in [0.717, 1.165) is 5.56 Å². The van der Waals surface area contributed by atoms with Gasteiger partial charge in [0.15, 0.2) is 0 Å². The van der Waals surface area contributed by atoms with Crippen LogP contribution >= 0.6 is 23.2 Å². The fraction of sp³-hybridized carbons (Fsp3) is 0. The predicted octanol–water partition coefficient (Wildman–Crippen LogP) is 5.02. The third-order valence-electron chi connectivity index (χ3n) is 3.22. The lowest BCUT2D eigenvalue weighted by atomic mass is 10.2. The molecule has 1 N–H and O–H groups in total. The minimum atomic E-state index is -0.292. The number of hydrazone groups is 1. The van der Waals surface area contributed by atoms with Crippen LogP contribution in [0, 0.1) is 0 Å². The van der Waals surface area contributed by atoms with Gasteiger partial charge in [0.25, 0.3) is 5.91 Å². The fourth-order valence-corrected chi connectivity index (χ4v) is 2.57. The summed E-state index contributed by atoms with van der Waals surface area (Å²) in [4.78, 5) is 11.9. The molecule has 3 rings (SSSR count). The van der Waals surface area contributed by atoms with Crippen LogP contribution in [0.25, 0.3) is 11.3 Å². The van der Waals surface area contributed by atoms with E-state index in [2.05, 4.69) is 10.5 Å². The molecule has 4 nitrogen and oxygen atoms in total. The Balaban J connectivity index is 1.69. The Morgan fingerprint density at radius 3 is 2.58 bits per heavy atom. The third-order valence-corrected chi connectivity index (χ3v) is 3.77. The summed E-state index contributed by atoms with van der Waals surface area (Å²) in [5.74, 6) is 0.788. The molecule has 2 aromatic carbocycles. The van der Waals surface area contributed by atoms with E-state index in [0.29, 0.717) is 27.1 Å². The fourth-order valence-electron chi connectivity index (χ4n) is 2.06. The number of rotatable bonds is 4. The molecular formula is C18H12Cl2N2O2. The summed E-state index contributed by atoms with van der Waals surface area (Å²) in [7, 11) is 0. The van der Waals surface area contributed by atoms with E-state index < -0.39 is 0 Å². The van der Waals surface area contributed by atoms with Crippen molar-refractivity contribution in [2.75, 3.05) is 0 Å². The maximum absolute atomic E-state index is 11.9. The zero-order chi connectivity index (χ0) is 16.9. The molecule has 0 aliphatic carbocycles. The summed E-state index contributed by atoms with van der Waals surface area (Å²) in [6.07, 6.45) is 1.42. The van der Waals surface area contributed by atoms with E-state index >= 15 is 0 Å². The van der Waals surface area contributed by atoms with Crippen LogP contribution in [-0.4, -0.2) is 12.1 Å². The van der Waals surface area contributed by atoms with Gasteiger partial charge in [0, 0.05) is 16.1 Å². The molecule has 0 saturated carbocycles. The van der Waals surface area contributed by atoms with Gasteiger partial charge < -0.3 is 4.42 Å². The molecule has 0 radical (unpaired) electrons. The van der Waals surface area contributed by atoms with E-state index in [4.69, 9.17) is 27.6 Å². The van der Waals surface area contributed by atoms with Crippen LogP contribution in [0.5, 0.6) is 0 Å². The zero-order valence-electron chi connectivity index (χ0n) is 12.4. The second-order valence-corrected chi connectivity index (χ2v) is 5.73. The van der Waals surface area contributed by atoms with Crippen molar-refractivity contribution >= 4 is 35.3 Å². The molecule has 3 aromatic rings. The van der Waals surface area contributed by atoms with E-state index in [1.807, 2.05) is 6.07 Å². The Morgan fingerprint density at radius 2 is 1.83 bits per heavy atom. The Hall–Kier alpha value is -2.56. The third kappa shape index (κ3) is 3.85. The van der Waals surface area contributed by atoms with Gasteiger partial charge >= 0.3 is 0 Å². The molecular weight excluding hydrogens is 347 g/mol. The summed E-state index contributed by atoms with van der Waals surface area (Å²) < 4.78 is 5.65. The molecule has 0 atom stereocenters. The normalized spacial score (nSPS) is 10.9. The van der Waals surface area contributed by atoms with Gasteiger partial charge in [-0.25, -0.2) is 5.43 Å². The van der Waals surface area contributed by atoms with Crippen LogP contribution in [0.4, 0.5) is 0 Å². The molecule has 0 bridgehead atoms. The van der Waals surface area contributed by atoms with E-state index in [1.54, 1.807) is 54.6 Å². The first-order chi connectivity index (χ1) is 11.6. The average Bonchev–Trinajstić information content (AvgIpc) is 3.04. The van der Waals surface area contributed by atoms with Crippen LogP contribution in [-0.2, 0) is 0 Å². The van der Waals surface area contributed by atoms with E-state index in [1.165, 1.54) is 6.21 Å². The smallest absolute Gasteiger partial charge is 0.271 e. The number of carbonyl (C=O) groups excluding carboxylic acids is 1. The van der Waals surface area contributed by atoms with Crippen molar-refractivity contribution in [3.05, 3.63) is 82.0 Å². The molecule has 120 valence electrons. The summed E-state index contributed by atoms with van der Waals surface area (Å²) in [6.45, 7) is 0. The number of nitrogens with zero attached hydrogens (tertiary/aromatic N) is 1. The number of benzene rings is 2. The molecule has 0 saturated heterocycles. The number of amides is 1. The minimum Gasteiger partial charge on any atom is -0.455 e. The quantitative estimate of drug-likeness (QED) is 0.525. The SMILES string of the molecule is O=C(N/N=C/c1ccc(-c2ccc(Cl)cc2Cl)o1)c1ccccc1. The maximum atomic E-state index is 11.9. The van der Waals surface area contributed by atoms with Crippen LogP contribution in [0.15, 0.2) is 70.2 Å². The summed E-state index contributed by atoms with van der Waals surface area (Å²) in [5.41, 5.74) is 3.70. The van der Waals surface area contributed by atoms with Crippen molar-refractivity contribution in [2.24, 2.45) is 5.10 Å². The standard InChI is InChI=1S/C18H12Cl2N2O2/c19-13-6-8-15(16(20)10-13)17-9-7-14(24-17)11-21-22-18(23)12-4-2-1-3-5-12/h1-11H,(H,22,23)/b21-11+. The molecule has 1 amide bonds. The second-order valence-electron chi connectivity index (χ2n) is 4.89. The first kappa shape index (κ1) is 16.3. The van der Waals surface area contributed by atoms with Crippen molar-refractivity contribution in [3.8, 4) is 11.3 Å². The highest BCUT2D eigenvalue weighted by Gasteiger charge is 2.08. The number of hydrogen-bond donors (Lipinski definition) is 1. The molecule has 6 heteroatoms. The Labute approximate surface area is 148 Å². The lowest BCUT2D eigenvalue weighted by molar-refractivity contribution is 0.0955. The maximum Gasteiger partial charge on any atom is 0.271 e. The second kappa shape index (κ2) is 7.34. The molecule has 1 aromatic heterocycles. The lowest BCUT2D eigenvalue weighted by Crippen LogP contribution is -2.17. The largest absolute Gasteiger partial charge is 0.455 e. The van der Waals surface area contributed by atoms with E-state index in [9.17, 15) is 4.79 Å². The van der Waals surface area contributed by atoms with E-state index in [-0.39, 0.29) is 5.91 Å². The molecule has 24 heavy (non-hydrogen) atoms. The molecule has 0 aliphatic heterocycles. The number of hydrogen-bond acceptors (Lipinski definition) is 3. The van der Waals surface area contributed by atoms with Gasteiger partial charge in [-0.1, -0.05) is 41.4 Å². The van der Waals surface area contributed by atoms with Crippen LogP contribution in [0.3, 0.4) is 0 Å². The first-order valence-electron chi connectivity index (χ1n) is 7.07. The molecule has 0 spiro atoms. The highest BCUT2D eigenvalue weighted by molar-refractivity contribution is 6.36. The van der Waals surface area contributed by atoms with Crippen molar-refractivity contribution in [1.29, 1.82) is 0 Å². The zero-order valence-corrected chi connectivity index (χ0v) is 13.9. The van der Waals surface area contributed by atoms with Gasteiger partial charge in [-0.3, -0.25) is 4.79 Å². The number of carbonyl (C=O) groups is 1. The van der Waals surface area contributed by atoms with Crippen molar-refractivity contribution in [2.45, 2.75) is 0 Å². The Morgan fingerprint density at radius 1 is 1.04 bits per heavy atom. The summed E-state index contributed by atoms with van der Waals surface area (Å²) in [5, 5.41) is 4.94. The number of furan rings is 1. The lowest BCUT2D eigenvalue weighted by Gasteiger charge is -2.00. The van der Waals surface area contributed by atoms with Crippen molar-refractivity contribution in [3.63, 3.8) is 0 Å². The van der Waals surface area contributed by atoms with Crippen LogP contribution in [0.1, 0.15) is 16.1 Å². The van der Waals surface area contributed by atoms with Crippen LogP contribution in [0.2, 0.25) is 10.0 Å². The van der Waals surface area contributed by atoms with Gasteiger partial charge in [-0.05, 0) is 42.5 Å². The molecule has 0 aliphatic rings. The highest BCUT2D eigenvalue weighted by atomic mass is 35.5. The molecule has 0 unspecified atom stereocenters. The molecule has 1 heterocycles.